The molecule has 5 N–H and O–H groups in total. The fourth-order valence-corrected chi connectivity index (χ4v) is 2.80. The summed E-state index contributed by atoms with van der Waals surface area (Å²) < 4.78 is 23.1. The number of aromatic amines is 1. The molecule has 0 spiro atoms. The lowest BCUT2D eigenvalue weighted by Crippen LogP contribution is -2.21. The average Bonchev–Trinajstić information content (AvgIpc) is 2.96. The van der Waals surface area contributed by atoms with Gasteiger partial charge in [-0.05, 0) is 0 Å². The standard InChI is InChI=1S/C10H14N5O6P/c11-10-13-8-7(9(16)14-10)12-4-15(8)1-5-2-20-6(21-5)3-22(17,18)19/h4-6H,1-3H2,(H2,17,18,19)(H3,11,13,14,16). The van der Waals surface area contributed by atoms with E-state index in [9.17, 15) is 9.36 Å². The van der Waals surface area contributed by atoms with Crippen LogP contribution in [0.1, 0.15) is 0 Å². The molecule has 3 rings (SSSR count). The average molecular weight is 331 g/mol. The third kappa shape index (κ3) is 3.18. The minimum Gasteiger partial charge on any atom is -0.369 e. The normalized spacial score (nSPS) is 22.5. The van der Waals surface area contributed by atoms with Crippen LogP contribution >= 0.6 is 7.60 Å². The van der Waals surface area contributed by atoms with Gasteiger partial charge < -0.3 is 29.6 Å². The number of rotatable bonds is 4. The van der Waals surface area contributed by atoms with Crippen molar-refractivity contribution in [1.82, 2.24) is 19.5 Å². The molecule has 1 aliphatic heterocycles. The zero-order valence-corrected chi connectivity index (χ0v) is 12.1. The molecule has 0 amide bonds. The fraction of sp³-hybridized carbons (Fsp3) is 0.500. The first-order valence-electron chi connectivity index (χ1n) is 6.34. The van der Waals surface area contributed by atoms with Crippen LogP contribution in [-0.4, -0.2) is 54.5 Å². The zero-order valence-electron chi connectivity index (χ0n) is 11.2. The number of anilines is 1. The van der Waals surface area contributed by atoms with E-state index < -0.39 is 31.7 Å². The van der Waals surface area contributed by atoms with Crippen molar-refractivity contribution in [3.63, 3.8) is 0 Å². The molecular formula is C10H14N5O6P. The number of nitrogens with one attached hydrogen (secondary N) is 1. The van der Waals surface area contributed by atoms with Gasteiger partial charge in [-0.3, -0.25) is 14.3 Å². The Morgan fingerprint density at radius 2 is 2.32 bits per heavy atom. The monoisotopic (exact) mass is 331 g/mol. The lowest BCUT2D eigenvalue weighted by atomic mass is 10.4. The maximum Gasteiger partial charge on any atom is 0.330 e. The topological polar surface area (TPSA) is 166 Å². The van der Waals surface area contributed by atoms with Gasteiger partial charge in [0.2, 0.25) is 5.95 Å². The summed E-state index contributed by atoms with van der Waals surface area (Å²) in [5.41, 5.74) is 5.52. The molecule has 1 fully saturated rings. The van der Waals surface area contributed by atoms with E-state index in [1.54, 1.807) is 4.57 Å². The summed E-state index contributed by atoms with van der Waals surface area (Å²) in [6, 6.07) is 0. The van der Waals surface area contributed by atoms with Gasteiger partial charge in [0.1, 0.15) is 12.3 Å². The fourth-order valence-electron chi connectivity index (χ4n) is 2.22. The second kappa shape index (κ2) is 5.45. The number of imidazole rings is 1. The number of hydrogen-bond donors (Lipinski definition) is 4. The number of fused-ring (bicyclic) bond motifs is 1. The van der Waals surface area contributed by atoms with Gasteiger partial charge in [-0.15, -0.1) is 0 Å². The van der Waals surface area contributed by atoms with Gasteiger partial charge in [0.25, 0.3) is 5.56 Å². The molecule has 0 radical (unpaired) electrons. The Labute approximate surface area is 123 Å². The molecule has 0 aliphatic carbocycles. The van der Waals surface area contributed by atoms with Crippen molar-refractivity contribution in [2.75, 3.05) is 18.5 Å². The van der Waals surface area contributed by atoms with Gasteiger partial charge in [-0.1, -0.05) is 0 Å². The van der Waals surface area contributed by atoms with Gasteiger partial charge in [0.15, 0.2) is 17.5 Å². The van der Waals surface area contributed by atoms with Gasteiger partial charge in [0.05, 0.1) is 19.5 Å². The molecule has 0 saturated carbocycles. The van der Waals surface area contributed by atoms with E-state index >= 15 is 0 Å². The van der Waals surface area contributed by atoms with Crippen molar-refractivity contribution in [2.24, 2.45) is 0 Å². The third-order valence-corrected chi connectivity index (χ3v) is 3.87. The Morgan fingerprint density at radius 3 is 3.05 bits per heavy atom. The first-order valence-corrected chi connectivity index (χ1v) is 8.14. The first kappa shape index (κ1) is 15.1. The molecule has 0 bridgehead atoms. The lowest BCUT2D eigenvalue weighted by molar-refractivity contribution is -0.0442. The van der Waals surface area contributed by atoms with Crippen molar-refractivity contribution < 1.29 is 23.8 Å². The van der Waals surface area contributed by atoms with Crippen LogP contribution in [0.2, 0.25) is 0 Å². The van der Waals surface area contributed by atoms with Gasteiger partial charge in [-0.25, -0.2) is 4.98 Å². The minimum absolute atomic E-state index is 0.0257. The second-order valence-corrected chi connectivity index (χ2v) is 6.58. The molecule has 1 saturated heterocycles. The van der Waals surface area contributed by atoms with E-state index in [0.29, 0.717) is 5.65 Å². The van der Waals surface area contributed by atoms with Crippen LogP contribution < -0.4 is 11.3 Å². The molecule has 3 heterocycles. The summed E-state index contributed by atoms with van der Waals surface area (Å²) in [6.45, 7) is 0.438. The largest absolute Gasteiger partial charge is 0.369 e. The maximum atomic E-state index is 11.7. The molecule has 0 aromatic carbocycles. The Bertz CT molecular complexity index is 797. The molecule has 2 atom stereocenters. The highest BCUT2D eigenvalue weighted by Crippen LogP contribution is 2.37. The van der Waals surface area contributed by atoms with Crippen LogP contribution in [0.4, 0.5) is 5.95 Å². The summed E-state index contributed by atoms with van der Waals surface area (Å²) in [5.74, 6) is -0.0257. The molecule has 120 valence electrons. The molecule has 2 aromatic rings. The van der Waals surface area contributed by atoms with Gasteiger partial charge in [-0.2, -0.15) is 4.98 Å². The van der Waals surface area contributed by atoms with E-state index in [-0.39, 0.29) is 24.6 Å². The Balaban J connectivity index is 1.75. The van der Waals surface area contributed by atoms with Crippen LogP contribution in [-0.2, 0) is 20.6 Å². The summed E-state index contributed by atoms with van der Waals surface area (Å²) in [5, 5.41) is 0. The predicted molar refractivity (Wildman–Crippen MR) is 74.1 cm³/mol. The molecule has 22 heavy (non-hydrogen) atoms. The number of nitrogen functional groups attached to an aromatic ring is 1. The van der Waals surface area contributed by atoms with Crippen molar-refractivity contribution in [2.45, 2.75) is 18.9 Å². The van der Waals surface area contributed by atoms with Gasteiger partial charge in [0, 0.05) is 0 Å². The minimum atomic E-state index is -4.21. The number of nitrogens with two attached hydrogens (primary N) is 1. The molecule has 12 heteroatoms. The quantitative estimate of drug-likeness (QED) is 0.494. The maximum absolute atomic E-state index is 11.7. The summed E-state index contributed by atoms with van der Waals surface area (Å²) in [7, 11) is -4.21. The van der Waals surface area contributed by atoms with E-state index in [0.717, 1.165) is 0 Å². The van der Waals surface area contributed by atoms with E-state index in [1.807, 2.05) is 0 Å². The van der Waals surface area contributed by atoms with Crippen LogP contribution in [0, 0.1) is 0 Å². The predicted octanol–water partition coefficient (Wildman–Crippen LogP) is -1.38. The number of H-pyrrole nitrogens is 1. The third-order valence-electron chi connectivity index (χ3n) is 3.09. The molecular weight excluding hydrogens is 317 g/mol. The van der Waals surface area contributed by atoms with E-state index in [4.69, 9.17) is 25.0 Å². The Kier molecular flexibility index (Phi) is 3.75. The lowest BCUT2D eigenvalue weighted by Gasteiger charge is -2.12. The van der Waals surface area contributed by atoms with Crippen LogP contribution in [0.3, 0.4) is 0 Å². The number of aromatic nitrogens is 4. The summed E-state index contributed by atoms with van der Waals surface area (Å²) in [4.78, 5) is 39.8. The number of nitrogens with zero attached hydrogens (tertiary/aromatic N) is 3. The first-order chi connectivity index (χ1) is 10.3. The van der Waals surface area contributed by atoms with Crippen LogP contribution in [0.25, 0.3) is 11.2 Å². The highest BCUT2D eigenvalue weighted by Gasteiger charge is 2.32. The molecule has 1 aliphatic rings. The Hall–Kier alpha value is -1.78. The highest BCUT2D eigenvalue weighted by atomic mass is 31.2. The van der Waals surface area contributed by atoms with Crippen LogP contribution in [0.15, 0.2) is 11.1 Å². The second-order valence-electron chi connectivity index (χ2n) is 4.89. The summed E-state index contributed by atoms with van der Waals surface area (Å²) in [6.07, 6.45) is -0.469. The SMILES string of the molecule is Nc1nc2c(ncn2CC2COC(CP(=O)(O)O)O2)c(=O)[nH]1. The van der Waals surface area contributed by atoms with Crippen molar-refractivity contribution in [3.8, 4) is 0 Å². The van der Waals surface area contributed by atoms with Gasteiger partial charge >= 0.3 is 7.60 Å². The number of ether oxygens (including phenoxy) is 2. The number of hydrogen-bond acceptors (Lipinski definition) is 7. The van der Waals surface area contributed by atoms with Crippen molar-refractivity contribution in [3.05, 3.63) is 16.7 Å². The zero-order chi connectivity index (χ0) is 15.9. The van der Waals surface area contributed by atoms with Crippen molar-refractivity contribution in [1.29, 1.82) is 0 Å². The smallest absolute Gasteiger partial charge is 0.330 e. The summed E-state index contributed by atoms with van der Waals surface area (Å²) >= 11 is 0. The Morgan fingerprint density at radius 1 is 1.55 bits per heavy atom. The molecule has 11 nitrogen and oxygen atoms in total. The molecule has 2 unspecified atom stereocenters. The van der Waals surface area contributed by atoms with E-state index in [2.05, 4.69) is 15.0 Å². The molecule has 2 aromatic heterocycles. The highest BCUT2D eigenvalue weighted by molar-refractivity contribution is 7.51. The van der Waals surface area contributed by atoms with Crippen LogP contribution in [0.5, 0.6) is 0 Å². The van der Waals surface area contributed by atoms with Crippen molar-refractivity contribution >= 4 is 24.7 Å². The van der Waals surface area contributed by atoms with E-state index in [1.165, 1.54) is 6.33 Å².